The molecule has 1 aliphatic rings. The Bertz CT molecular complexity index is 776. The largest absolute Gasteiger partial charge is 0.366 e. The fourth-order valence-corrected chi connectivity index (χ4v) is 3.37. The van der Waals surface area contributed by atoms with Gasteiger partial charge in [0.1, 0.15) is 0 Å². The maximum absolute atomic E-state index is 12.0. The molecule has 0 aliphatic heterocycles. The fourth-order valence-electron chi connectivity index (χ4n) is 2.28. The van der Waals surface area contributed by atoms with Gasteiger partial charge in [-0.05, 0) is 43.5 Å². The van der Waals surface area contributed by atoms with Crippen LogP contribution >= 0.6 is 11.3 Å². The summed E-state index contributed by atoms with van der Waals surface area (Å²) in [4.78, 5) is 27.7. The number of aromatic nitrogens is 1. The smallest absolute Gasteiger partial charge is 0.248 e. The predicted octanol–water partition coefficient (Wildman–Crippen LogP) is 3.01. The van der Waals surface area contributed by atoms with E-state index in [0.717, 1.165) is 11.3 Å². The van der Waals surface area contributed by atoms with Crippen LogP contribution in [-0.4, -0.2) is 16.8 Å². The van der Waals surface area contributed by atoms with Crippen molar-refractivity contribution in [1.82, 2.24) is 10.3 Å². The lowest BCUT2D eigenvalue weighted by atomic mass is 10.1. The molecule has 1 aliphatic carbocycles. The third-order valence-electron chi connectivity index (χ3n) is 3.89. The number of hydrogen-bond donors (Lipinski definition) is 2. The Kier molecular flexibility index (Phi) is 4.76. The molecule has 1 unspecified atom stereocenters. The Morgan fingerprint density at radius 2 is 2.04 bits per heavy atom. The molecule has 1 heterocycles. The molecule has 6 heteroatoms. The molecule has 2 amide bonds. The number of carbonyl (C=O) groups excluding carboxylic acids is 2. The monoisotopic (exact) mass is 341 g/mol. The molecule has 0 spiro atoms. The summed E-state index contributed by atoms with van der Waals surface area (Å²) < 4.78 is 0. The van der Waals surface area contributed by atoms with Gasteiger partial charge in [0, 0.05) is 22.9 Å². The van der Waals surface area contributed by atoms with Gasteiger partial charge in [0.15, 0.2) is 0 Å². The van der Waals surface area contributed by atoms with Gasteiger partial charge in [0.2, 0.25) is 11.8 Å². The number of primary amides is 1. The van der Waals surface area contributed by atoms with E-state index < -0.39 is 5.91 Å². The lowest BCUT2D eigenvalue weighted by Gasteiger charge is -2.09. The average Bonchev–Trinajstić information content (AvgIpc) is 3.30. The lowest BCUT2D eigenvalue weighted by Crippen LogP contribution is -2.24. The van der Waals surface area contributed by atoms with Crippen LogP contribution in [0.4, 0.5) is 0 Å². The molecule has 3 N–H and O–H groups in total. The second-order valence-electron chi connectivity index (χ2n) is 5.93. The summed E-state index contributed by atoms with van der Waals surface area (Å²) in [7, 11) is 0. The zero-order valence-corrected chi connectivity index (χ0v) is 14.2. The van der Waals surface area contributed by atoms with E-state index >= 15 is 0 Å². The summed E-state index contributed by atoms with van der Waals surface area (Å²) in [5.74, 6) is -0.0108. The highest BCUT2D eigenvalue weighted by atomic mass is 32.1. The van der Waals surface area contributed by atoms with Crippen LogP contribution in [0.5, 0.6) is 0 Å². The molecule has 0 radical (unpaired) electrons. The van der Waals surface area contributed by atoms with E-state index in [4.69, 9.17) is 5.73 Å². The van der Waals surface area contributed by atoms with E-state index in [-0.39, 0.29) is 11.9 Å². The topological polar surface area (TPSA) is 85.1 Å². The van der Waals surface area contributed by atoms with Crippen LogP contribution in [-0.2, 0) is 4.79 Å². The first-order chi connectivity index (χ1) is 11.5. The summed E-state index contributed by atoms with van der Waals surface area (Å²) in [6.07, 6.45) is 5.63. The molecule has 1 fully saturated rings. The van der Waals surface area contributed by atoms with Gasteiger partial charge in [-0.15, -0.1) is 11.3 Å². The van der Waals surface area contributed by atoms with Gasteiger partial charge >= 0.3 is 0 Å². The second kappa shape index (κ2) is 6.97. The molecule has 2 aromatic rings. The number of nitrogens with two attached hydrogens (primary N) is 1. The summed E-state index contributed by atoms with van der Waals surface area (Å²) in [5.41, 5.74) is 7.38. The fraction of sp³-hybridized carbons (Fsp3) is 0.278. The van der Waals surface area contributed by atoms with E-state index in [1.807, 2.05) is 12.3 Å². The highest BCUT2D eigenvalue weighted by Crippen LogP contribution is 2.41. The van der Waals surface area contributed by atoms with Crippen molar-refractivity contribution in [2.75, 3.05) is 0 Å². The highest BCUT2D eigenvalue weighted by molar-refractivity contribution is 7.09. The summed E-state index contributed by atoms with van der Waals surface area (Å²) in [6.45, 7) is 1.93. The molecular formula is C18H19N3O2S. The van der Waals surface area contributed by atoms with Crippen molar-refractivity contribution in [1.29, 1.82) is 0 Å². The molecule has 1 aromatic heterocycles. The molecule has 5 nitrogen and oxygen atoms in total. The normalized spacial score (nSPS) is 15.4. The van der Waals surface area contributed by atoms with Gasteiger partial charge in [-0.25, -0.2) is 4.98 Å². The molecule has 0 bridgehead atoms. The first kappa shape index (κ1) is 16.4. The molecule has 1 saturated carbocycles. The Morgan fingerprint density at radius 3 is 2.67 bits per heavy atom. The van der Waals surface area contributed by atoms with Crippen molar-refractivity contribution in [2.24, 2.45) is 5.73 Å². The molecule has 0 saturated heterocycles. The summed E-state index contributed by atoms with van der Waals surface area (Å²) in [5, 5.41) is 6.11. The van der Waals surface area contributed by atoms with Crippen molar-refractivity contribution < 1.29 is 9.59 Å². The zero-order chi connectivity index (χ0) is 17.1. The Labute approximate surface area is 144 Å². The molecule has 24 heavy (non-hydrogen) atoms. The number of hydrogen-bond acceptors (Lipinski definition) is 4. The minimum atomic E-state index is -0.467. The van der Waals surface area contributed by atoms with E-state index in [1.54, 1.807) is 41.7 Å². The Balaban J connectivity index is 1.56. The number of benzene rings is 1. The van der Waals surface area contributed by atoms with Crippen molar-refractivity contribution in [3.8, 4) is 0 Å². The molecule has 3 rings (SSSR count). The molecule has 1 aromatic carbocycles. The van der Waals surface area contributed by atoms with Crippen LogP contribution in [0.25, 0.3) is 6.08 Å². The Morgan fingerprint density at radius 1 is 1.33 bits per heavy atom. The van der Waals surface area contributed by atoms with Crippen LogP contribution < -0.4 is 11.1 Å². The van der Waals surface area contributed by atoms with Crippen molar-refractivity contribution in [2.45, 2.75) is 31.7 Å². The van der Waals surface area contributed by atoms with E-state index in [1.165, 1.54) is 23.9 Å². The van der Waals surface area contributed by atoms with Gasteiger partial charge in [0.25, 0.3) is 0 Å². The van der Waals surface area contributed by atoms with Crippen LogP contribution in [0.2, 0.25) is 0 Å². The second-order valence-corrected chi connectivity index (χ2v) is 6.82. The van der Waals surface area contributed by atoms with E-state index in [2.05, 4.69) is 10.3 Å². The van der Waals surface area contributed by atoms with Crippen LogP contribution in [0.3, 0.4) is 0 Å². The van der Waals surface area contributed by atoms with Crippen molar-refractivity contribution in [3.05, 3.63) is 57.6 Å². The maximum Gasteiger partial charge on any atom is 0.248 e. The number of rotatable bonds is 6. The van der Waals surface area contributed by atoms with Gasteiger partial charge in [-0.3, -0.25) is 9.59 Å². The highest BCUT2D eigenvalue weighted by Gasteiger charge is 2.27. The number of amides is 2. The minimum Gasteiger partial charge on any atom is -0.366 e. The van der Waals surface area contributed by atoms with Crippen LogP contribution in [0.15, 0.2) is 35.7 Å². The number of thiazole rings is 1. The number of carbonyl (C=O) groups is 2. The predicted molar refractivity (Wildman–Crippen MR) is 94.6 cm³/mol. The minimum absolute atomic E-state index is 0.122. The van der Waals surface area contributed by atoms with E-state index in [9.17, 15) is 9.59 Å². The average molecular weight is 341 g/mol. The van der Waals surface area contributed by atoms with Crippen LogP contribution in [0.1, 0.15) is 58.3 Å². The van der Waals surface area contributed by atoms with Gasteiger partial charge in [-0.1, -0.05) is 12.1 Å². The first-order valence-electron chi connectivity index (χ1n) is 7.86. The van der Waals surface area contributed by atoms with Crippen molar-refractivity contribution >= 4 is 29.2 Å². The standard InChI is InChI=1S/C18H19N3O2S/c1-11(15-10-24-18(21-15)14-7-8-14)20-16(22)9-4-12-2-5-13(6-3-12)17(19)23/h2-6,9-11,14H,7-8H2,1H3,(H2,19,23)(H,20,22). The summed E-state index contributed by atoms with van der Waals surface area (Å²) >= 11 is 1.67. The molecular weight excluding hydrogens is 322 g/mol. The van der Waals surface area contributed by atoms with Crippen molar-refractivity contribution in [3.63, 3.8) is 0 Å². The molecule has 124 valence electrons. The van der Waals surface area contributed by atoms with Gasteiger partial charge in [0.05, 0.1) is 16.7 Å². The third kappa shape index (κ3) is 4.08. The quantitative estimate of drug-likeness (QED) is 0.792. The third-order valence-corrected chi connectivity index (χ3v) is 4.92. The maximum atomic E-state index is 12.0. The zero-order valence-electron chi connectivity index (χ0n) is 13.4. The Hall–Kier alpha value is -2.47. The van der Waals surface area contributed by atoms with Gasteiger partial charge < -0.3 is 11.1 Å². The summed E-state index contributed by atoms with van der Waals surface area (Å²) in [6, 6.07) is 6.64. The van der Waals surface area contributed by atoms with E-state index in [0.29, 0.717) is 11.5 Å². The lowest BCUT2D eigenvalue weighted by molar-refractivity contribution is -0.117. The van der Waals surface area contributed by atoms with Crippen LogP contribution in [0, 0.1) is 0 Å². The van der Waals surface area contributed by atoms with Gasteiger partial charge in [-0.2, -0.15) is 0 Å². The number of nitrogens with zero attached hydrogens (tertiary/aromatic N) is 1. The first-order valence-corrected chi connectivity index (χ1v) is 8.74. The SMILES string of the molecule is CC(NC(=O)C=Cc1ccc(C(N)=O)cc1)c1csc(C2CC2)n1. The molecule has 1 atom stereocenters. The number of nitrogens with one attached hydrogen (secondary N) is 1.